The van der Waals surface area contributed by atoms with Gasteiger partial charge in [0.15, 0.2) is 5.82 Å². The minimum Gasteiger partial charge on any atom is -0.355 e. The van der Waals surface area contributed by atoms with E-state index in [0.717, 1.165) is 41.6 Å². The number of nitrogens with one attached hydrogen (secondary N) is 1. The van der Waals surface area contributed by atoms with E-state index < -0.39 is 0 Å². The second-order valence-electron chi connectivity index (χ2n) is 6.73. The van der Waals surface area contributed by atoms with Crippen molar-refractivity contribution in [3.63, 3.8) is 0 Å². The monoisotopic (exact) mass is 296 g/mol. The van der Waals surface area contributed by atoms with E-state index in [0.29, 0.717) is 6.04 Å². The Morgan fingerprint density at radius 3 is 2.41 bits per heavy atom. The molecule has 0 atom stereocenters. The van der Waals surface area contributed by atoms with Gasteiger partial charge in [-0.1, -0.05) is 12.1 Å². The van der Waals surface area contributed by atoms with Gasteiger partial charge in [-0.2, -0.15) is 0 Å². The van der Waals surface area contributed by atoms with Crippen molar-refractivity contribution in [3.8, 4) is 0 Å². The van der Waals surface area contributed by atoms with E-state index in [9.17, 15) is 0 Å². The highest BCUT2D eigenvalue weighted by Gasteiger charge is 2.25. The van der Waals surface area contributed by atoms with Gasteiger partial charge in [-0.05, 0) is 57.2 Å². The van der Waals surface area contributed by atoms with Crippen LogP contribution in [0.1, 0.15) is 31.4 Å². The first-order valence-corrected chi connectivity index (χ1v) is 8.51. The van der Waals surface area contributed by atoms with Gasteiger partial charge in [-0.25, -0.2) is 9.97 Å². The van der Waals surface area contributed by atoms with Crippen LogP contribution in [-0.2, 0) is 0 Å². The lowest BCUT2D eigenvalue weighted by atomic mass is 10.0. The molecule has 1 N–H and O–H groups in total. The molecule has 1 aromatic heterocycles. The van der Waals surface area contributed by atoms with Crippen LogP contribution in [0.15, 0.2) is 24.3 Å². The van der Waals surface area contributed by atoms with Gasteiger partial charge in [-0.15, -0.1) is 0 Å². The van der Waals surface area contributed by atoms with Gasteiger partial charge < -0.3 is 10.2 Å². The first kappa shape index (κ1) is 13.9. The Kier molecular flexibility index (Phi) is 3.70. The number of anilines is 1. The number of rotatable bonds is 4. The van der Waals surface area contributed by atoms with Crippen molar-refractivity contribution >= 4 is 16.9 Å². The van der Waals surface area contributed by atoms with Crippen LogP contribution in [0.2, 0.25) is 0 Å². The quantitative estimate of drug-likeness (QED) is 0.942. The van der Waals surface area contributed by atoms with Gasteiger partial charge in [0.05, 0.1) is 16.7 Å². The smallest absolute Gasteiger partial charge is 0.150 e. The van der Waals surface area contributed by atoms with Gasteiger partial charge in [-0.3, -0.25) is 0 Å². The minimum atomic E-state index is 0.686. The van der Waals surface area contributed by atoms with E-state index in [2.05, 4.69) is 23.2 Å². The molecule has 1 aliphatic carbocycles. The fourth-order valence-electron chi connectivity index (χ4n) is 3.33. The van der Waals surface area contributed by atoms with Crippen molar-refractivity contribution < 1.29 is 0 Å². The number of hydrogen-bond acceptors (Lipinski definition) is 4. The van der Waals surface area contributed by atoms with Gasteiger partial charge in [0.2, 0.25) is 0 Å². The zero-order valence-electron chi connectivity index (χ0n) is 13.3. The molecular weight excluding hydrogens is 272 g/mol. The van der Waals surface area contributed by atoms with Gasteiger partial charge >= 0.3 is 0 Å². The SMILES string of the molecule is Cc1nc2ccccc2nc1N1CCC(NCC2CC2)CC1. The fourth-order valence-corrected chi connectivity index (χ4v) is 3.33. The lowest BCUT2D eigenvalue weighted by molar-refractivity contribution is 0.407. The fraction of sp³-hybridized carbons (Fsp3) is 0.556. The number of benzene rings is 1. The normalized spacial score (nSPS) is 19.8. The van der Waals surface area contributed by atoms with Crippen LogP contribution in [0.25, 0.3) is 11.0 Å². The Labute approximate surface area is 131 Å². The molecule has 0 radical (unpaired) electrons. The summed E-state index contributed by atoms with van der Waals surface area (Å²) in [4.78, 5) is 12.0. The van der Waals surface area contributed by atoms with E-state index in [-0.39, 0.29) is 0 Å². The molecule has 4 nitrogen and oxygen atoms in total. The minimum absolute atomic E-state index is 0.686. The number of hydrogen-bond donors (Lipinski definition) is 1. The topological polar surface area (TPSA) is 41.1 Å². The van der Waals surface area contributed by atoms with Gasteiger partial charge in [0.25, 0.3) is 0 Å². The molecule has 1 aliphatic heterocycles. The van der Waals surface area contributed by atoms with Crippen molar-refractivity contribution in [2.75, 3.05) is 24.5 Å². The molecule has 0 bridgehead atoms. The summed E-state index contributed by atoms with van der Waals surface area (Å²) in [6.45, 7) is 5.46. The summed E-state index contributed by atoms with van der Waals surface area (Å²) in [5, 5.41) is 3.74. The summed E-state index contributed by atoms with van der Waals surface area (Å²) in [5.41, 5.74) is 3.03. The molecule has 1 saturated carbocycles. The molecule has 1 saturated heterocycles. The maximum atomic E-state index is 4.85. The van der Waals surface area contributed by atoms with E-state index >= 15 is 0 Å². The molecule has 1 aromatic carbocycles. The number of nitrogens with zero attached hydrogens (tertiary/aromatic N) is 3. The van der Waals surface area contributed by atoms with Crippen molar-refractivity contribution in [2.45, 2.75) is 38.6 Å². The summed E-state index contributed by atoms with van der Waals surface area (Å²) in [6.07, 6.45) is 5.27. The molecule has 0 unspecified atom stereocenters. The van der Waals surface area contributed by atoms with Crippen LogP contribution in [0.5, 0.6) is 0 Å². The van der Waals surface area contributed by atoms with Crippen molar-refractivity contribution in [1.29, 1.82) is 0 Å². The highest BCUT2D eigenvalue weighted by atomic mass is 15.2. The van der Waals surface area contributed by atoms with E-state index in [1.807, 2.05) is 18.2 Å². The standard InChI is InChI=1S/C18H24N4/c1-13-18(21-17-5-3-2-4-16(17)20-13)22-10-8-15(9-11-22)19-12-14-6-7-14/h2-5,14-15,19H,6-12H2,1H3. The van der Waals surface area contributed by atoms with Crippen molar-refractivity contribution in [2.24, 2.45) is 5.92 Å². The second kappa shape index (κ2) is 5.84. The average molecular weight is 296 g/mol. The summed E-state index contributed by atoms with van der Waals surface area (Å²) in [5.74, 6) is 2.03. The molecule has 2 heterocycles. The van der Waals surface area contributed by atoms with Crippen LogP contribution in [-0.4, -0.2) is 35.6 Å². The van der Waals surface area contributed by atoms with E-state index in [1.54, 1.807) is 0 Å². The van der Waals surface area contributed by atoms with E-state index in [1.165, 1.54) is 32.2 Å². The molecular formula is C18H24N4. The Bertz CT molecular complexity index is 657. The highest BCUT2D eigenvalue weighted by Crippen LogP contribution is 2.28. The lowest BCUT2D eigenvalue weighted by Gasteiger charge is -2.34. The Morgan fingerprint density at radius 2 is 1.73 bits per heavy atom. The molecule has 2 aromatic rings. The second-order valence-corrected chi connectivity index (χ2v) is 6.73. The Hall–Kier alpha value is -1.68. The molecule has 2 fully saturated rings. The Morgan fingerprint density at radius 1 is 1.05 bits per heavy atom. The highest BCUT2D eigenvalue weighted by molar-refractivity contribution is 5.76. The number of para-hydroxylation sites is 2. The van der Waals surface area contributed by atoms with Crippen LogP contribution < -0.4 is 10.2 Å². The molecule has 22 heavy (non-hydrogen) atoms. The summed E-state index contributed by atoms with van der Waals surface area (Å²) in [6, 6.07) is 8.82. The molecule has 0 spiro atoms. The summed E-state index contributed by atoms with van der Waals surface area (Å²) in [7, 11) is 0. The predicted octanol–water partition coefficient (Wildman–Crippen LogP) is 2.91. The number of fused-ring (bicyclic) bond motifs is 1. The van der Waals surface area contributed by atoms with Crippen LogP contribution in [0, 0.1) is 12.8 Å². The van der Waals surface area contributed by atoms with Crippen LogP contribution in [0.3, 0.4) is 0 Å². The third-order valence-corrected chi connectivity index (χ3v) is 4.91. The molecule has 4 heteroatoms. The zero-order chi connectivity index (χ0) is 14.9. The third-order valence-electron chi connectivity index (χ3n) is 4.91. The van der Waals surface area contributed by atoms with Crippen molar-refractivity contribution in [1.82, 2.24) is 15.3 Å². The Balaban J connectivity index is 1.45. The van der Waals surface area contributed by atoms with E-state index in [4.69, 9.17) is 9.97 Å². The van der Waals surface area contributed by atoms with Crippen LogP contribution >= 0.6 is 0 Å². The maximum Gasteiger partial charge on any atom is 0.150 e. The summed E-state index contributed by atoms with van der Waals surface area (Å²) >= 11 is 0. The molecule has 116 valence electrons. The van der Waals surface area contributed by atoms with Crippen molar-refractivity contribution in [3.05, 3.63) is 30.0 Å². The average Bonchev–Trinajstić information content (AvgIpc) is 3.37. The molecule has 0 amide bonds. The third kappa shape index (κ3) is 2.93. The zero-order valence-corrected chi connectivity index (χ0v) is 13.3. The van der Waals surface area contributed by atoms with Gasteiger partial charge in [0, 0.05) is 19.1 Å². The predicted molar refractivity (Wildman–Crippen MR) is 90.2 cm³/mol. The first-order valence-electron chi connectivity index (χ1n) is 8.51. The summed E-state index contributed by atoms with van der Waals surface area (Å²) < 4.78 is 0. The largest absolute Gasteiger partial charge is 0.355 e. The van der Waals surface area contributed by atoms with Crippen LogP contribution in [0.4, 0.5) is 5.82 Å². The first-order chi connectivity index (χ1) is 10.8. The number of aryl methyl sites for hydroxylation is 1. The number of aromatic nitrogens is 2. The number of piperidine rings is 1. The van der Waals surface area contributed by atoms with Gasteiger partial charge in [0.1, 0.15) is 0 Å². The molecule has 2 aliphatic rings. The lowest BCUT2D eigenvalue weighted by Crippen LogP contribution is -2.43. The molecule has 4 rings (SSSR count). The maximum absolute atomic E-state index is 4.85.